The fraction of sp³-hybridized carbons (Fsp3) is 0.909. The Morgan fingerprint density at radius 3 is 2.69 bits per heavy atom. The molecule has 3 atom stereocenters. The van der Waals surface area contributed by atoms with Crippen LogP contribution in [0, 0.1) is 5.92 Å². The van der Waals surface area contributed by atoms with Crippen molar-refractivity contribution >= 4 is 5.97 Å². The molecule has 94 valence electrons. The molecule has 5 nitrogen and oxygen atoms in total. The summed E-state index contributed by atoms with van der Waals surface area (Å²) in [6, 6.07) is 0. The SMILES string of the molecule is CCOC(=O)C(C)C(O)C1COC(C)(C)O1. The van der Waals surface area contributed by atoms with Crippen LogP contribution >= 0.6 is 0 Å². The van der Waals surface area contributed by atoms with E-state index in [0.717, 1.165) is 0 Å². The molecular formula is C11H20O5. The molecule has 16 heavy (non-hydrogen) atoms. The van der Waals surface area contributed by atoms with Crippen LogP contribution in [0.1, 0.15) is 27.7 Å². The Hall–Kier alpha value is -0.650. The third kappa shape index (κ3) is 3.17. The van der Waals surface area contributed by atoms with Gasteiger partial charge in [0.1, 0.15) is 6.10 Å². The highest BCUT2D eigenvalue weighted by atomic mass is 16.7. The fourth-order valence-corrected chi connectivity index (χ4v) is 1.62. The third-order valence-corrected chi connectivity index (χ3v) is 2.58. The van der Waals surface area contributed by atoms with Gasteiger partial charge >= 0.3 is 5.97 Å². The van der Waals surface area contributed by atoms with Crippen molar-refractivity contribution < 1.29 is 24.1 Å². The lowest BCUT2D eigenvalue weighted by Gasteiger charge is -2.23. The van der Waals surface area contributed by atoms with Gasteiger partial charge in [0.15, 0.2) is 5.79 Å². The second kappa shape index (κ2) is 5.12. The first-order chi connectivity index (χ1) is 7.37. The number of carbonyl (C=O) groups excluding carboxylic acids is 1. The normalized spacial score (nSPS) is 27.4. The third-order valence-electron chi connectivity index (χ3n) is 2.58. The molecule has 0 aliphatic carbocycles. The van der Waals surface area contributed by atoms with E-state index in [-0.39, 0.29) is 6.61 Å². The maximum atomic E-state index is 11.4. The monoisotopic (exact) mass is 232 g/mol. The molecule has 0 amide bonds. The predicted molar refractivity (Wildman–Crippen MR) is 56.7 cm³/mol. The Balaban J connectivity index is 2.51. The molecule has 1 saturated heterocycles. The standard InChI is InChI=1S/C11H20O5/c1-5-14-10(13)7(2)9(12)8-6-15-11(3,4)16-8/h7-9,12H,5-6H2,1-4H3. The number of aliphatic hydroxyl groups is 1. The molecule has 1 N–H and O–H groups in total. The Bertz CT molecular complexity index is 251. The Morgan fingerprint density at radius 2 is 2.25 bits per heavy atom. The van der Waals surface area contributed by atoms with E-state index in [4.69, 9.17) is 14.2 Å². The lowest BCUT2D eigenvalue weighted by atomic mass is 10.0. The summed E-state index contributed by atoms with van der Waals surface area (Å²) in [7, 11) is 0. The minimum Gasteiger partial charge on any atom is -0.466 e. The van der Waals surface area contributed by atoms with E-state index >= 15 is 0 Å². The van der Waals surface area contributed by atoms with Gasteiger partial charge in [-0.1, -0.05) is 0 Å². The summed E-state index contributed by atoms with van der Waals surface area (Å²) in [6.07, 6.45) is -1.38. The van der Waals surface area contributed by atoms with Gasteiger partial charge in [-0.15, -0.1) is 0 Å². The molecule has 0 radical (unpaired) electrons. The highest BCUT2D eigenvalue weighted by molar-refractivity contribution is 5.72. The number of ether oxygens (including phenoxy) is 3. The number of hydrogen-bond donors (Lipinski definition) is 1. The van der Waals surface area contributed by atoms with E-state index in [0.29, 0.717) is 6.61 Å². The van der Waals surface area contributed by atoms with Crippen molar-refractivity contribution in [2.45, 2.75) is 45.7 Å². The summed E-state index contributed by atoms with van der Waals surface area (Å²) in [5.74, 6) is -1.72. The molecule has 0 aromatic heterocycles. The zero-order chi connectivity index (χ0) is 12.3. The van der Waals surface area contributed by atoms with Crippen LogP contribution < -0.4 is 0 Å². The molecule has 3 unspecified atom stereocenters. The average molecular weight is 232 g/mol. The van der Waals surface area contributed by atoms with Crippen LogP contribution in [0.15, 0.2) is 0 Å². The zero-order valence-electron chi connectivity index (χ0n) is 10.2. The molecule has 1 aliphatic heterocycles. The molecule has 1 rings (SSSR count). The summed E-state index contributed by atoms with van der Waals surface area (Å²) < 4.78 is 15.7. The fourth-order valence-electron chi connectivity index (χ4n) is 1.62. The van der Waals surface area contributed by atoms with Gasteiger partial charge in [-0.05, 0) is 27.7 Å². The van der Waals surface area contributed by atoms with Crippen LogP contribution in [0.25, 0.3) is 0 Å². The molecule has 0 spiro atoms. The van der Waals surface area contributed by atoms with Gasteiger partial charge in [0.05, 0.1) is 25.2 Å². The lowest BCUT2D eigenvalue weighted by Crippen LogP contribution is -2.39. The molecule has 0 aromatic rings. The average Bonchev–Trinajstić information content (AvgIpc) is 2.57. The highest BCUT2D eigenvalue weighted by Gasteiger charge is 2.40. The van der Waals surface area contributed by atoms with E-state index in [1.165, 1.54) is 0 Å². The first-order valence-electron chi connectivity index (χ1n) is 5.54. The Kier molecular flexibility index (Phi) is 4.29. The maximum Gasteiger partial charge on any atom is 0.311 e. The van der Waals surface area contributed by atoms with Crippen LogP contribution in [-0.2, 0) is 19.0 Å². The van der Waals surface area contributed by atoms with Crippen LogP contribution in [0.3, 0.4) is 0 Å². The van der Waals surface area contributed by atoms with E-state index in [1.807, 2.05) is 0 Å². The Labute approximate surface area is 95.7 Å². The maximum absolute atomic E-state index is 11.4. The summed E-state index contributed by atoms with van der Waals surface area (Å²) in [5, 5.41) is 9.94. The number of rotatable bonds is 4. The van der Waals surface area contributed by atoms with Crippen LogP contribution in [0.4, 0.5) is 0 Å². The molecule has 0 saturated carbocycles. The number of hydrogen-bond acceptors (Lipinski definition) is 5. The van der Waals surface area contributed by atoms with Crippen molar-refractivity contribution in [1.82, 2.24) is 0 Å². The van der Waals surface area contributed by atoms with Gasteiger partial charge < -0.3 is 19.3 Å². The molecular weight excluding hydrogens is 212 g/mol. The summed E-state index contributed by atoms with van der Waals surface area (Å²) in [6.45, 7) is 7.50. The van der Waals surface area contributed by atoms with E-state index in [1.54, 1.807) is 27.7 Å². The van der Waals surface area contributed by atoms with Crippen molar-refractivity contribution in [2.24, 2.45) is 5.92 Å². The molecule has 0 bridgehead atoms. The van der Waals surface area contributed by atoms with E-state index < -0.39 is 29.9 Å². The summed E-state index contributed by atoms with van der Waals surface area (Å²) in [5.41, 5.74) is 0. The van der Waals surface area contributed by atoms with Gasteiger partial charge in [-0.2, -0.15) is 0 Å². The second-order valence-corrected chi connectivity index (χ2v) is 4.40. The quantitative estimate of drug-likeness (QED) is 0.723. The largest absolute Gasteiger partial charge is 0.466 e. The Morgan fingerprint density at radius 1 is 1.62 bits per heavy atom. The highest BCUT2D eigenvalue weighted by Crippen LogP contribution is 2.26. The summed E-state index contributed by atoms with van der Waals surface area (Å²) >= 11 is 0. The molecule has 5 heteroatoms. The van der Waals surface area contributed by atoms with Gasteiger partial charge in [-0.3, -0.25) is 4.79 Å². The van der Waals surface area contributed by atoms with Crippen LogP contribution in [0.2, 0.25) is 0 Å². The van der Waals surface area contributed by atoms with E-state index in [9.17, 15) is 9.90 Å². The lowest BCUT2D eigenvalue weighted by molar-refractivity contribution is -0.167. The van der Waals surface area contributed by atoms with Gasteiger partial charge in [0.25, 0.3) is 0 Å². The number of esters is 1. The number of carbonyl (C=O) groups is 1. The first-order valence-corrected chi connectivity index (χ1v) is 5.54. The smallest absolute Gasteiger partial charge is 0.311 e. The predicted octanol–water partition coefficient (Wildman–Crippen LogP) is 0.698. The van der Waals surface area contributed by atoms with Crippen molar-refractivity contribution in [3.05, 3.63) is 0 Å². The molecule has 1 fully saturated rings. The summed E-state index contributed by atoms with van der Waals surface area (Å²) in [4.78, 5) is 11.4. The second-order valence-electron chi connectivity index (χ2n) is 4.40. The molecule has 1 heterocycles. The van der Waals surface area contributed by atoms with Gasteiger partial charge in [-0.25, -0.2) is 0 Å². The van der Waals surface area contributed by atoms with Gasteiger partial charge in [0, 0.05) is 0 Å². The molecule has 0 aromatic carbocycles. The van der Waals surface area contributed by atoms with Gasteiger partial charge in [0.2, 0.25) is 0 Å². The van der Waals surface area contributed by atoms with Crippen LogP contribution in [0.5, 0.6) is 0 Å². The first kappa shape index (κ1) is 13.4. The van der Waals surface area contributed by atoms with Crippen molar-refractivity contribution in [3.63, 3.8) is 0 Å². The van der Waals surface area contributed by atoms with Crippen LogP contribution in [-0.4, -0.2) is 42.3 Å². The van der Waals surface area contributed by atoms with Crippen molar-refractivity contribution in [2.75, 3.05) is 13.2 Å². The minimum atomic E-state index is -0.902. The number of aliphatic hydroxyl groups excluding tert-OH is 1. The molecule has 1 aliphatic rings. The minimum absolute atomic E-state index is 0.290. The topological polar surface area (TPSA) is 65.0 Å². The van der Waals surface area contributed by atoms with Crippen molar-refractivity contribution in [3.8, 4) is 0 Å². The van der Waals surface area contributed by atoms with E-state index in [2.05, 4.69) is 0 Å². The van der Waals surface area contributed by atoms with Crippen molar-refractivity contribution in [1.29, 1.82) is 0 Å². The zero-order valence-corrected chi connectivity index (χ0v) is 10.2.